The second-order valence-electron chi connectivity index (χ2n) is 6.30. The lowest BCUT2D eigenvalue weighted by Gasteiger charge is -2.36. The number of piperidine rings is 1. The van der Waals surface area contributed by atoms with Crippen LogP contribution in [0, 0.1) is 5.92 Å². The molecule has 0 saturated carbocycles. The summed E-state index contributed by atoms with van der Waals surface area (Å²) in [5.74, 6) is 0.186. The number of nitrogens with one attached hydrogen (secondary N) is 2. The van der Waals surface area contributed by atoms with Crippen LogP contribution in [0.1, 0.15) is 40.0 Å². The molecule has 0 aromatic rings. The molecule has 1 heterocycles. The van der Waals surface area contributed by atoms with E-state index in [4.69, 9.17) is 0 Å². The maximum absolute atomic E-state index is 11.7. The van der Waals surface area contributed by atoms with Gasteiger partial charge in [0.1, 0.15) is 0 Å². The molecule has 0 spiro atoms. The Bertz CT molecular complexity index is 343. The number of carbonyl (C=O) groups excluding carboxylic acids is 2. The largest absolute Gasteiger partial charge is 0.389 e. The Morgan fingerprint density at radius 3 is 2.70 bits per heavy atom. The molecule has 116 valence electrons. The van der Waals surface area contributed by atoms with Crippen LogP contribution in [0.25, 0.3) is 0 Å². The lowest BCUT2D eigenvalue weighted by atomic mass is 9.95. The fraction of sp³-hybridized carbons (Fsp3) is 0.857. The minimum atomic E-state index is -0.738. The number of urea groups is 1. The number of hydrogen-bond acceptors (Lipinski definition) is 4. The molecule has 0 aromatic heterocycles. The zero-order valence-electron chi connectivity index (χ0n) is 12.7. The van der Waals surface area contributed by atoms with E-state index in [1.54, 1.807) is 6.92 Å². The number of carbonyl (C=O) groups is 2. The van der Waals surface area contributed by atoms with Crippen LogP contribution < -0.4 is 10.6 Å². The van der Waals surface area contributed by atoms with E-state index in [0.29, 0.717) is 19.0 Å². The maximum Gasteiger partial charge on any atom is 0.321 e. The Kier molecular flexibility index (Phi) is 6.42. The number of imide groups is 1. The number of β-amino-alcohol motifs (C(OH)–C–C–N with tert-alkyl or cyclic N) is 1. The monoisotopic (exact) mass is 285 g/mol. The summed E-state index contributed by atoms with van der Waals surface area (Å²) >= 11 is 0. The van der Waals surface area contributed by atoms with Gasteiger partial charge < -0.3 is 10.4 Å². The minimum absolute atomic E-state index is 0.147. The van der Waals surface area contributed by atoms with Gasteiger partial charge in [0.2, 0.25) is 5.91 Å². The number of amides is 3. The van der Waals surface area contributed by atoms with Crippen molar-refractivity contribution < 1.29 is 14.7 Å². The van der Waals surface area contributed by atoms with Crippen molar-refractivity contribution in [1.82, 2.24) is 15.5 Å². The quantitative estimate of drug-likeness (QED) is 0.695. The van der Waals surface area contributed by atoms with Crippen molar-refractivity contribution in [3.8, 4) is 0 Å². The first-order valence-electron chi connectivity index (χ1n) is 7.31. The van der Waals surface area contributed by atoms with Gasteiger partial charge in [0.15, 0.2) is 0 Å². The predicted molar refractivity (Wildman–Crippen MR) is 77.3 cm³/mol. The number of hydrogen-bond donors (Lipinski definition) is 3. The van der Waals surface area contributed by atoms with Crippen molar-refractivity contribution in [2.75, 3.05) is 26.2 Å². The van der Waals surface area contributed by atoms with Crippen LogP contribution in [0.15, 0.2) is 0 Å². The molecule has 3 N–H and O–H groups in total. The van der Waals surface area contributed by atoms with Gasteiger partial charge >= 0.3 is 6.03 Å². The van der Waals surface area contributed by atoms with E-state index in [9.17, 15) is 14.7 Å². The first-order valence-corrected chi connectivity index (χ1v) is 7.31. The Balaban J connectivity index is 2.24. The average Bonchev–Trinajstić information content (AvgIpc) is 2.26. The molecule has 0 radical (unpaired) electrons. The van der Waals surface area contributed by atoms with Gasteiger partial charge in [0, 0.05) is 13.1 Å². The van der Waals surface area contributed by atoms with Crippen molar-refractivity contribution in [2.45, 2.75) is 45.6 Å². The van der Waals surface area contributed by atoms with Crippen LogP contribution in [-0.2, 0) is 4.79 Å². The molecule has 1 unspecified atom stereocenters. The Morgan fingerprint density at radius 1 is 1.40 bits per heavy atom. The number of aliphatic hydroxyl groups is 1. The van der Waals surface area contributed by atoms with Gasteiger partial charge in [-0.15, -0.1) is 0 Å². The summed E-state index contributed by atoms with van der Waals surface area (Å²) in [6.45, 7) is 7.88. The van der Waals surface area contributed by atoms with Crippen LogP contribution in [0.2, 0.25) is 0 Å². The molecular weight excluding hydrogens is 258 g/mol. The second-order valence-corrected chi connectivity index (χ2v) is 6.30. The molecule has 6 nitrogen and oxygen atoms in total. The molecule has 0 aromatic carbocycles. The zero-order chi connectivity index (χ0) is 15.2. The molecule has 1 saturated heterocycles. The molecule has 0 bridgehead atoms. The summed E-state index contributed by atoms with van der Waals surface area (Å²) in [4.78, 5) is 25.1. The van der Waals surface area contributed by atoms with Crippen LogP contribution in [-0.4, -0.2) is 53.7 Å². The van der Waals surface area contributed by atoms with Crippen molar-refractivity contribution in [3.05, 3.63) is 0 Å². The predicted octanol–water partition coefficient (Wildman–Crippen LogP) is 0.705. The molecule has 6 heteroatoms. The van der Waals surface area contributed by atoms with Crippen molar-refractivity contribution in [2.24, 2.45) is 5.92 Å². The first kappa shape index (κ1) is 16.9. The zero-order valence-corrected chi connectivity index (χ0v) is 12.7. The molecule has 3 amide bonds. The third-order valence-corrected chi connectivity index (χ3v) is 3.38. The number of rotatable bonds is 5. The highest BCUT2D eigenvalue weighted by molar-refractivity contribution is 5.95. The maximum atomic E-state index is 11.7. The Labute approximate surface area is 120 Å². The first-order chi connectivity index (χ1) is 9.28. The summed E-state index contributed by atoms with van der Waals surface area (Å²) in [5.41, 5.74) is -0.738. The lowest BCUT2D eigenvalue weighted by molar-refractivity contribution is -0.122. The standard InChI is InChI=1S/C14H27N3O3/c1-11(2)5-7-15-13(19)16-12(18)9-17-8-4-6-14(3,20)10-17/h11,20H,4-10H2,1-3H3,(H2,15,16,18,19). The van der Waals surface area contributed by atoms with Crippen molar-refractivity contribution in [3.63, 3.8) is 0 Å². The summed E-state index contributed by atoms with van der Waals surface area (Å²) in [5, 5.41) is 14.9. The van der Waals surface area contributed by atoms with Gasteiger partial charge in [-0.25, -0.2) is 4.79 Å². The topological polar surface area (TPSA) is 81.7 Å². The molecule has 1 rings (SSSR count). The van der Waals surface area contributed by atoms with Gasteiger partial charge in [-0.05, 0) is 38.6 Å². The molecule has 1 fully saturated rings. The Morgan fingerprint density at radius 2 is 2.10 bits per heavy atom. The molecule has 1 aliphatic rings. The van der Waals surface area contributed by atoms with Crippen LogP contribution in [0.3, 0.4) is 0 Å². The van der Waals surface area contributed by atoms with Crippen LogP contribution in [0.4, 0.5) is 4.79 Å². The molecule has 1 atom stereocenters. The number of nitrogens with zero attached hydrogens (tertiary/aromatic N) is 1. The van der Waals surface area contributed by atoms with E-state index < -0.39 is 11.6 Å². The fourth-order valence-electron chi connectivity index (χ4n) is 2.35. The van der Waals surface area contributed by atoms with E-state index >= 15 is 0 Å². The van der Waals surface area contributed by atoms with E-state index in [0.717, 1.165) is 25.8 Å². The molecule has 1 aliphatic heterocycles. The van der Waals surface area contributed by atoms with Gasteiger partial charge in [-0.2, -0.15) is 0 Å². The SMILES string of the molecule is CC(C)CCNC(=O)NC(=O)CN1CCCC(C)(O)C1. The minimum Gasteiger partial charge on any atom is -0.389 e. The highest BCUT2D eigenvalue weighted by atomic mass is 16.3. The van der Waals surface area contributed by atoms with E-state index in [1.807, 2.05) is 4.90 Å². The van der Waals surface area contributed by atoms with Crippen molar-refractivity contribution >= 4 is 11.9 Å². The third-order valence-electron chi connectivity index (χ3n) is 3.38. The van der Waals surface area contributed by atoms with Crippen LogP contribution in [0.5, 0.6) is 0 Å². The smallest absolute Gasteiger partial charge is 0.321 e. The lowest BCUT2D eigenvalue weighted by Crippen LogP contribution is -2.51. The van der Waals surface area contributed by atoms with Crippen LogP contribution >= 0.6 is 0 Å². The molecule has 0 aliphatic carbocycles. The van der Waals surface area contributed by atoms with Gasteiger partial charge in [0.05, 0.1) is 12.1 Å². The summed E-state index contributed by atoms with van der Waals surface area (Å²) in [6.07, 6.45) is 2.50. The van der Waals surface area contributed by atoms with E-state index in [-0.39, 0.29) is 12.5 Å². The highest BCUT2D eigenvalue weighted by Crippen LogP contribution is 2.19. The van der Waals surface area contributed by atoms with Crippen molar-refractivity contribution in [1.29, 1.82) is 0 Å². The Hall–Kier alpha value is -1.14. The summed E-state index contributed by atoms with van der Waals surface area (Å²) in [7, 11) is 0. The summed E-state index contributed by atoms with van der Waals surface area (Å²) in [6, 6.07) is -0.445. The molecular formula is C14H27N3O3. The average molecular weight is 285 g/mol. The fourth-order valence-corrected chi connectivity index (χ4v) is 2.35. The normalized spacial score (nSPS) is 23.6. The van der Waals surface area contributed by atoms with Gasteiger partial charge in [0.25, 0.3) is 0 Å². The van der Waals surface area contributed by atoms with Gasteiger partial charge in [-0.3, -0.25) is 15.0 Å². The number of likely N-dealkylation sites (tertiary alicyclic amines) is 1. The van der Waals surface area contributed by atoms with E-state index in [1.165, 1.54) is 0 Å². The summed E-state index contributed by atoms with van der Waals surface area (Å²) < 4.78 is 0. The van der Waals surface area contributed by atoms with Gasteiger partial charge in [-0.1, -0.05) is 13.8 Å². The highest BCUT2D eigenvalue weighted by Gasteiger charge is 2.29. The van der Waals surface area contributed by atoms with E-state index in [2.05, 4.69) is 24.5 Å². The second kappa shape index (κ2) is 7.59. The third kappa shape index (κ3) is 6.86. The molecule has 20 heavy (non-hydrogen) atoms.